The smallest absolute Gasteiger partial charge is 0.257 e. The maximum atomic E-state index is 12.1. The largest absolute Gasteiger partial charge is 0.344 e. The normalized spacial score (nSPS) is 10.3. The van der Waals surface area contributed by atoms with Gasteiger partial charge in [-0.15, -0.1) is 0 Å². The minimum Gasteiger partial charge on any atom is -0.344 e. The molecule has 1 aromatic carbocycles. The molecule has 0 spiro atoms. The molecule has 4 heteroatoms. The summed E-state index contributed by atoms with van der Waals surface area (Å²) in [7, 11) is 1.90. The molecule has 3 nitrogen and oxygen atoms in total. The Kier molecular flexibility index (Phi) is 3.33. The molecule has 0 aliphatic heterocycles. The lowest BCUT2D eigenvalue weighted by atomic mass is 10.2. The highest BCUT2D eigenvalue weighted by molar-refractivity contribution is 9.10. The molecule has 17 heavy (non-hydrogen) atoms. The zero-order valence-corrected chi connectivity index (χ0v) is 11.3. The van der Waals surface area contributed by atoms with Crippen molar-refractivity contribution in [3.63, 3.8) is 0 Å². The zero-order valence-electron chi connectivity index (χ0n) is 9.70. The number of rotatable bonds is 2. The lowest BCUT2D eigenvalue weighted by molar-refractivity contribution is 0.102. The van der Waals surface area contributed by atoms with Gasteiger partial charge in [-0.3, -0.25) is 4.79 Å². The van der Waals surface area contributed by atoms with Gasteiger partial charge in [0, 0.05) is 18.9 Å². The zero-order chi connectivity index (χ0) is 12.4. The summed E-state index contributed by atoms with van der Waals surface area (Å²) in [4.78, 5) is 12.1. The Morgan fingerprint density at radius 1 is 1.29 bits per heavy atom. The highest BCUT2D eigenvalue weighted by Gasteiger charge is 2.14. The second-order valence-corrected chi connectivity index (χ2v) is 4.64. The van der Waals surface area contributed by atoms with Crippen molar-refractivity contribution in [2.45, 2.75) is 6.92 Å². The fourth-order valence-corrected chi connectivity index (χ4v) is 1.99. The maximum absolute atomic E-state index is 12.1. The van der Waals surface area contributed by atoms with Crippen LogP contribution in [0.5, 0.6) is 0 Å². The number of aromatic nitrogens is 1. The van der Waals surface area contributed by atoms with Crippen molar-refractivity contribution in [3.05, 3.63) is 52.3 Å². The Bertz CT molecular complexity index is 546. The summed E-state index contributed by atoms with van der Waals surface area (Å²) in [5.74, 6) is -0.0880. The van der Waals surface area contributed by atoms with Crippen molar-refractivity contribution in [2.75, 3.05) is 5.32 Å². The average Bonchev–Trinajstić information content (AvgIpc) is 2.58. The van der Waals surface area contributed by atoms with Gasteiger partial charge in [0.25, 0.3) is 5.91 Å². The molecule has 0 aliphatic rings. The van der Waals surface area contributed by atoms with Crippen LogP contribution in [0.2, 0.25) is 0 Å². The number of halogens is 1. The first kappa shape index (κ1) is 11.9. The van der Waals surface area contributed by atoms with Crippen molar-refractivity contribution < 1.29 is 4.79 Å². The summed E-state index contributed by atoms with van der Waals surface area (Å²) < 4.78 is 2.81. The number of amides is 1. The van der Waals surface area contributed by atoms with Gasteiger partial charge in [-0.05, 0) is 40.5 Å². The molecule has 1 heterocycles. The maximum Gasteiger partial charge on any atom is 0.257 e. The van der Waals surface area contributed by atoms with Gasteiger partial charge >= 0.3 is 0 Å². The van der Waals surface area contributed by atoms with E-state index in [1.165, 1.54) is 0 Å². The minimum atomic E-state index is -0.0880. The van der Waals surface area contributed by atoms with Crippen LogP contribution in [0, 0.1) is 6.92 Å². The minimum absolute atomic E-state index is 0.0880. The molecule has 0 saturated carbocycles. The number of hydrogen-bond acceptors (Lipinski definition) is 1. The van der Waals surface area contributed by atoms with E-state index in [1.807, 2.05) is 55.1 Å². The average molecular weight is 293 g/mol. The lowest BCUT2D eigenvalue weighted by Gasteiger charge is -2.03. The topological polar surface area (TPSA) is 34.0 Å². The van der Waals surface area contributed by atoms with Gasteiger partial charge in [0.2, 0.25) is 0 Å². The van der Waals surface area contributed by atoms with Crippen LogP contribution in [0.4, 0.5) is 5.69 Å². The Hall–Kier alpha value is -1.55. The number of para-hydroxylation sites is 1. The number of nitrogens with one attached hydrogen (secondary N) is 1. The monoisotopic (exact) mass is 292 g/mol. The number of carbonyl (C=O) groups excluding carboxylic acids is 1. The van der Waals surface area contributed by atoms with E-state index in [0.29, 0.717) is 5.56 Å². The van der Waals surface area contributed by atoms with Gasteiger partial charge in [-0.2, -0.15) is 0 Å². The highest BCUT2D eigenvalue weighted by Crippen LogP contribution is 2.22. The molecule has 1 amide bonds. The van der Waals surface area contributed by atoms with Gasteiger partial charge in [0.1, 0.15) is 0 Å². The van der Waals surface area contributed by atoms with Crippen LogP contribution in [-0.4, -0.2) is 10.5 Å². The third-order valence-electron chi connectivity index (χ3n) is 2.62. The molecule has 1 N–H and O–H groups in total. The van der Waals surface area contributed by atoms with Gasteiger partial charge in [-0.1, -0.05) is 18.2 Å². The first-order chi connectivity index (χ1) is 8.09. The van der Waals surface area contributed by atoms with Gasteiger partial charge in [-0.25, -0.2) is 0 Å². The summed E-state index contributed by atoms with van der Waals surface area (Å²) in [5.41, 5.74) is 2.43. The third kappa shape index (κ3) is 2.42. The van der Waals surface area contributed by atoms with Gasteiger partial charge in [0.15, 0.2) is 0 Å². The van der Waals surface area contributed by atoms with Gasteiger partial charge in [0.05, 0.1) is 10.2 Å². The fraction of sp³-hybridized carbons (Fsp3) is 0.154. The fourth-order valence-electron chi connectivity index (χ4n) is 1.67. The molecule has 0 aliphatic carbocycles. The van der Waals surface area contributed by atoms with Crippen molar-refractivity contribution in [1.29, 1.82) is 0 Å². The molecule has 0 bridgehead atoms. The molecule has 0 radical (unpaired) electrons. The number of carbonyl (C=O) groups is 1. The van der Waals surface area contributed by atoms with E-state index in [1.54, 1.807) is 0 Å². The van der Waals surface area contributed by atoms with E-state index in [-0.39, 0.29) is 5.91 Å². The third-order valence-corrected chi connectivity index (χ3v) is 3.78. The Balaban J connectivity index is 2.24. The summed E-state index contributed by atoms with van der Waals surface area (Å²) in [6, 6.07) is 9.43. The molecular formula is C13H13BrN2O. The summed E-state index contributed by atoms with van der Waals surface area (Å²) in [5, 5.41) is 2.87. The van der Waals surface area contributed by atoms with Crippen LogP contribution in [0.15, 0.2) is 41.1 Å². The molecule has 0 fully saturated rings. The van der Waals surface area contributed by atoms with E-state index in [2.05, 4.69) is 21.2 Å². The van der Waals surface area contributed by atoms with E-state index in [9.17, 15) is 4.79 Å². The quantitative estimate of drug-likeness (QED) is 0.905. The Morgan fingerprint density at radius 2 is 1.94 bits per heavy atom. The summed E-state index contributed by atoms with van der Waals surface area (Å²) in [6.07, 6.45) is 1.82. The molecule has 88 valence electrons. The second kappa shape index (κ2) is 4.75. The SMILES string of the molecule is Cc1c(C(=O)Nc2ccccc2)cn(C)c1Br. The van der Waals surface area contributed by atoms with Crippen LogP contribution in [-0.2, 0) is 7.05 Å². The molecular weight excluding hydrogens is 280 g/mol. The Morgan fingerprint density at radius 3 is 2.47 bits per heavy atom. The molecule has 0 saturated heterocycles. The van der Waals surface area contributed by atoms with Crippen LogP contribution >= 0.6 is 15.9 Å². The molecule has 0 unspecified atom stereocenters. The van der Waals surface area contributed by atoms with Crippen LogP contribution in [0.1, 0.15) is 15.9 Å². The Labute approximate surface area is 109 Å². The van der Waals surface area contributed by atoms with E-state index in [4.69, 9.17) is 0 Å². The predicted molar refractivity (Wildman–Crippen MR) is 72.2 cm³/mol. The van der Waals surface area contributed by atoms with Crippen molar-refractivity contribution in [1.82, 2.24) is 4.57 Å². The van der Waals surface area contributed by atoms with Crippen molar-refractivity contribution in [3.8, 4) is 0 Å². The number of benzene rings is 1. The molecule has 0 atom stereocenters. The van der Waals surface area contributed by atoms with E-state index >= 15 is 0 Å². The first-order valence-corrected chi connectivity index (χ1v) is 6.06. The number of nitrogens with zero attached hydrogens (tertiary/aromatic N) is 1. The van der Waals surface area contributed by atoms with E-state index in [0.717, 1.165) is 15.9 Å². The first-order valence-electron chi connectivity index (χ1n) is 5.27. The number of hydrogen-bond donors (Lipinski definition) is 1. The van der Waals surface area contributed by atoms with E-state index < -0.39 is 0 Å². The lowest BCUT2D eigenvalue weighted by Crippen LogP contribution is -2.12. The van der Waals surface area contributed by atoms with Crippen molar-refractivity contribution in [2.24, 2.45) is 7.05 Å². The summed E-state index contributed by atoms with van der Waals surface area (Å²) in [6.45, 7) is 1.92. The number of aryl methyl sites for hydroxylation is 1. The molecule has 2 aromatic rings. The summed E-state index contributed by atoms with van der Waals surface area (Å²) >= 11 is 3.44. The molecule has 2 rings (SSSR count). The number of anilines is 1. The highest BCUT2D eigenvalue weighted by atomic mass is 79.9. The van der Waals surface area contributed by atoms with Crippen LogP contribution in [0.3, 0.4) is 0 Å². The molecule has 1 aromatic heterocycles. The van der Waals surface area contributed by atoms with Gasteiger partial charge < -0.3 is 9.88 Å². The predicted octanol–water partition coefficient (Wildman–Crippen LogP) is 3.35. The standard InChI is InChI=1S/C13H13BrN2O/c1-9-11(8-16(2)12(9)14)13(17)15-10-6-4-3-5-7-10/h3-8H,1-2H3,(H,15,17). The van der Waals surface area contributed by atoms with Crippen LogP contribution in [0.25, 0.3) is 0 Å². The second-order valence-electron chi connectivity index (χ2n) is 3.89. The van der Waals surface area contributed by atoms with Crippen LogP contribution < -0.4 is 5.32 Å². The van der Waals surface area contributed by atoms with Crippen molar-refractivity contribution >= 4 is 27.5 Å².